The summed E-state index contributed by atoms with van der Waals surface area (Å²) in [6.45, 7) is 9.43. The Kier molecular flexibility index (Phi) is 3.69. The van der Waals surface area contributed by atoms with Crippen molar-refractivity contribution in [1.29, 1.82) is 0 Å². The van der Waals surface area contributed by atoms with E-state index in [2.05, 4.69) is 29.3 Å². The van der Waals surface area contributed by atoms with E-state index in [9.17, 15) is 0 Å². The quantitative estimate of drug-likeness (QED) is 0.583. The maximum atomic E-state index is 2.51. The summed E-state index contributed by atoms with van der Waals surface area (Å²) in [5.74, 6) is 0. The molecule has 1 aliphatic rings. The zero-order valence-corrected chi connectivity index (χ0v) is 8.52. The molecule has 66 valence electrons. The molecule has 0 N–H and O–H groups in total. The third kappa shape index (κ3) is 2.36. The van der Waals surface area contributed by atoms with E-state index in [4.69, 9.17) is 0 Å². The van der Waals surface area contributed by atoms with Crippen LogP contribution in [0.4, 0.5) is 0 Å². The van der Waals surface area contributed by atoms with Gasteiger partial charge in [-0.25, -0.2) is 4.31 Å². The van der Waals surface area contributed by atoms with E-state index < -0.39 is 0 Å². The number of hydrogen-bond donors (Lipinski definition) is 0. The molecule has 2 nitrogen and oxygen atoms in total. The molecule has 0 saturated carbocycles. The molecule has 0 aliphatic carbocycles. The highest BCUT2D eigenvalue weighted by atomic mass is 32.2. The van der Waals surface area contributed by atoms with E-state index in [1.54, 1.807) is 0 Å². The highest BCUT2D eigenvalue weighted by Crippen LogP contribution is 2.15. The lowest BCUT2D eigenvalue weighted by Crippen LogP contribution is -2.48. The first kappa shape index (κ1) is 9.36. The van der Waals surface area contributed by atoms with Crippen LogP contribution in [0.2, 0.25) is 0 Å². The smallest absolute Gasteiger partial charge is 0.0302 e. The van der Waals surface area contributed by atoms with Gasteiger partial charge >= 0.3 is 0 Å². The predicted molar refractivity (Wildman–Crippen MR) is 51.8 cm³/mol. The van der Waals surface area contributed by atoms with Crippen molar-refractivity contribution in [3.05, 3.63) is 0 Å². The van der Waals surface area contributed by atoms with Crippen LogP contribution in [0.5, 0.6) is 0 Å². The molecular formula is C8H18N2S. The first-order chi connectivity index (χ1) is 5.27. The van der Waals surface area contributed by atoms with Crippen LogP contribution < -0.4 is 0 Å². The summed E-state index contributed by atoms with van der Waals surface area (Å²) in [7, 11) is 0. The Bertz CT molecular complexity index is 119. The molecule has 1 aliphatic heterocycles. The highest BCUT2D eigenvalue weighted by Gasteiger charge is 2.21. The second-order valence-electron chi connectivity index (χ2n) is 3.07. The van der Waals surface area contributed by atoms with Gasteiger partial charge in [0.15, 0.2) is 0 Å². The van der Waals surface area contributed by atoms with E-state index in [1.165, 1.54) is 26.2 Å². The summed E-state index contributed by atoms with van der Waals surface area (Å²) in [4.78, 5) is 2.51. The minimum atomic E-state index is 0.721. The van der Waals surface area contributed by atoms with Crippen molar-refractivity contribution in [1.82, 2.24) is 9.21 Å². The topological polar surface area (TPSA) is 6.48 Å². The fraction of sp³-hybridized carbons (Fsp3) is 1.00. The normalized spacial score (nSPS) is 29.2. The SMILES string of the molecule is CCN1CCN(SC)C(C)C1. The first-order valence-electron chi connectivity index (χ1n) is 4.31. The molecule has 1 fully saturated rings. The Balaban J connectivity index is 2.34. The number of piperazine rings is 1. The highest BCUT2D eigenvalue weighted by molar-refractivity contribution is 7.96. The van der Waals surface area contributed by atoms with Crippen LogP contribution in [-0.2, 0) is 0 Å². The molecule has 3 heteroatoms. The van der Waals surface area contributed by atoms with Crippen LogP contribution in [0.1, 0.15) is 13.8 Å². The third-order valence-corrected chi connectivity index (χ3v) is 3.34. The van der Waals surface area contributed by atoms with Crippen LogP contribution in [-0.4, -0.2) is 47.7 Å². The van der Waals surface area contributed by atoms with Crippen LogP contribution in [0, 0.1) is 0 Å². The Morgan fingerprint density at radius 1 is 1.45 bits per heavy atom. The molecule has 1 heterocycles. The van der Waals surface area contributed by atoms with Crippen molar-refractivity contribution in [3.63, 3.8) is 0 Å². The van der Waals surface area contributed by atoms with E-state index in [1.807, 2.05) is 11.9 Å². The van der Waals surface area contributed by atoms with Crippen molar-refractivity contribution in [2.24, 2.45) is 0 Å². The van der Waals surface area contributed by atoms with E-state index in [0.717, 1.165) is 6.04 Å². The molecule has 0 aromatic rings. The van der Waals surface area contributed by atoms with Gasteiger partial charge in [0.05, 0.1) is 0 Å². The van der Waals surface area contributed by atoms with Gasteiger partial charge in [-0.05, 0) is 19.7 Å². The van der Waals surface area contributed by atoms with Crippen LogP contribution in [0.15, 0.2) is 0 Å². The lowest BCUT2D eigenvalue weighted by Gasteiger charge is -2.37. The van der Waals surface area contributed by atoms with Gasteiger partial charge in [-0.3, -0.25) is 0 Å². The van der Waals surface area contributed by atoms with Crippen molar-refractivity contribution in [3.8, 4) is 0 Å². The molecule has 0 aromatic carbocycles. The van der Waals surface area contributed by atoms with Crippen molar-refractivity contribution < 1.29 is 0 Å². The van der Waals surface area contributed by atoms with Gasteiger partial charge in [0.1, 0.15) is 0 Å². The van der Waals surface area contributed by atoms with Crippen LogP contribution >= 0.6 is 11.9 Å². The predicted octanol–water partition coefficient (Wildman–Crippen LogP) is 1.29. The first-order valence-corrected chi connectivity index (χ1v) is 5.49. The van der Waals surface area contributed by atoms with Gasteiger partial charge in [-0.2, -0.15) is 0 Å². The Hall–Kier alpha value is 0.270. The molecule has 1 saturated heterocycles. The maximum absolute atomic E-state index is 2.51. The standard InChI is InChI=1S/C8H18N2S/c1-4-9-5-6-10(11-3)8(2)7-9/h8H,4-7H2,1-3H3. The van der Waals surface area contributed by atoms with E-state index >= 15 is 0 Å². The second-order valence-corrected chi connectivity index (χ2v) is 3.90. The van der Waals surface area contributed by atoms with Gasteiger partial charge < -0.3 is 4.90 Å². The monoisotopic (exact) mass is 174 g/mol. The van der Waals surface area contributed by atoms with Crippen molar-refractivity contribution in [2.75, 3.05) is 32.4 Å². The summed E-state index contributed by atoms with van der Waals surface area (Å²) in [5, 5.41) is 0. The summed E-state index contributed by atoms with van der Waals surface area (Å²) >= 11 is 1.87. The van der Waals surface area contributed by atoms with E-state index in [-0.39, 0.29) is 0 Å². The number of likely N-dealkylation sites (N-methyl/N-ethyl adjacent to an activating group) is 1. The van der Waals surface area contributed by atoms with Gasteiger partial charge in [-0.1, -0.05) is 18.9 Å². The van der Waals surface area contributed by atoms with Gasteiger partial charge in [0, 0.05) is 25.7 Å². The number of rotatable bonds is 2. The fourth-order valence-electron chi connectivity index (χ4n) is 1.57. The molecular weight excluding hydrogens is 156 g/mol. The van der Waals surface area contributed by atoms with Crippen LogP contribution in [0.3, 0.4) is 0 Å². The molecule has 0 amide bonds. The molecule has 1 atom stereocenters. The van der Waals surface area contributed by atoms with Crippen LogP contribution in [0.25, 0.3) is 0 Å². The summed E-state index contributed by atoms with van der Waals surface area (Å²) in [6.07, 6.45) is 2.16. The largest absolute Gasteiger partial charge is 0.301 e. The summed E-state index contributed by atoms with van der Waals surface area (Å²) in [6, 6.07) is 0.721. The van der Waals surface area contributed by atoms with Crippen molar-refractivity contribution >= 4 is 11.9 Å². The third-order valence-electron chi connectivity index (χ3n) is 2.33. The van der Waals surface area contributed by atoms with Gasteiger partial charge in [0.2, 0.25) is 0 Å². The van der Waals surface area contributed by atoms with Crippen molar-refractivity contribution in [2.45, 2.75) is 19.9 Å². The number of hydrogen-bond acceptors (Lipinski definition) is 3. The molecule has 0 bridgehead atoms. The molecule has 1 unspecified atom stereocenters. The minimum Gasteiger partial charge on any atom is -0.301 e. The molecule has 0 aromatic heterocycles. The maximum Gasteiger partial charge on any atom is 0.0302 e. The lowest BCUT2D eigenvalue weighted by atomic mass is 10.2. The van der Waals surface area contributed by atoms with Gasteiger partial charge in [-0.15, -0.1) is 0 Å². The second kappa shape index (κ2) is 4.33. The zero-order valence-electron chi connectivity index (χ0n) is 7.71. The Labute approximate surface area is 74.1 Å². The molecule has 0 radical (unpaired) electrons. The van der Waals surface area contributed by atoms with E-state index in [0.29, 0.717) is 0 Å². The molecule has 0 spiro atoms. The molecule has 11 heavy (non-hydrogen) atoms. The lowest BCUT2D eigenvalue weighted by molar-refractivity contribution is 0.159. The summed E-state index contributed by atoms with van der Waals surface area (Å²) < 4.78 is 2.46. The Morgan fingerprint density at radius 2 is 2.18 bits per heavy atom. The average Bonchev–Trinajstić information content (AvgIpc) is 2.04. The fourth-order valence-corrected chi connectivity index (χ4v) is 2.27. The number of nitrogens with zero attached hydrogens (tertiary/aromatic N) is 2. The average molecular weight is 174 g/mol. The van der Waals surface area contributed by atoms with Gasteiger partial charge in [0.25, 0.3) is 0 Å². The zero-order chi connectivity index (χ0) is 8.27. The Morgan fingerprint density at radius 3 is 2.64 bits per heavy atom. The summed E-state index contributed by atoms with van der Waals surface area (Å²) in [5.41, 5.74) is 0. The minimum absolute atomic E-state index is 0.721. The molecule has 1 rings (SSSR count).